The van der Waals surface area contributed by atoms with Gasteiger partial charge < -0.3 is 5.32 Å². The Bertz CT molecular complexity index is 170. The van der Waals surface area contributed by atoms with Crippen LogP contribution in [0.5, 0.6) is 0 Å². The number of hydrogen-bond donors (Lipinski definition) is 1. The van der Waals surface area contributed by atoms with Gasteiger partial charge in [0.15, 0.2) is 0 Å². The molecular formula is C10H19N. The van der Waals surface area contributed by atoms with Crippen molar-refractivity contribution in [1.29, 1.82) is 0 Å². The number of allylic oxidation sites excluding steroid dienone is 1. The van der Waals surface area contributed by atoms with Crippen LogP contribution in [0.4, 0.5) is 0 Å². The first kappa shape index (κ1) is 8.63. The van der Waals surface area contributed by atoms with E-state index in [1.807, 2.05) is 0 Å². The monoisotopic (exact) mass is 153 g/mol. The summed E-state index contributed by atoms with van der Waals surface area (Å²) in [4.78, 5) is 0. The zero-order valence-corrected chi connectivity index (χ0v) is 8.12. The molecule has 0 heterocycles. The van der Waals surface area contributed by atoms with Crippen molar-refractivity contribution in [3.05, 3.63) is 12.3 Å². The fourth-order valence-electron chi connectivity index (χ4n) is 0.864. The van der Waals surface area contributed by atoms with E-state index in [0.717, 1.165) is 5.70 Å². The Morgan fingerprint density at radius 2 is 1.82 bits per heavy atom. The molecule has 0 aromatic carbocycles. The molecule has 11 heavy (non-hydrogen) atoms. The second kappa shape index (κ2) is 2.26. The summed E-state index contributed by atoms with van der Waals surface area (Å²) in [7, 11) is 0. The summed E-state index contributed by atoms with van der Waals surface area (Å²) in [5, 5.41) is 3.48. The van der Waals surface area contributed by atoms with Crippen LogP contribution in [0.1, 0.15) is 40.5 Å². The number of rotatable bonds is 2. The maximum absolute atomic E-state index is 4.04. The normalized spacial score (nSPS) is 21.1. The smallest absolute Gasteiger partial charge is 0.0344 e. The molecule has 0 aromatic rings. The molecule has 1 heteroatoms. The molecule has 1 nitrogen and oxygen atoms in total. The summed E-state index contributed by atoms with van der Waals surface area (Å²) in [5.41, 5.74) is 1.74. The van der Waals surface area contributed by atoms with Gasteiger partial charge in [0.2, 0.25) is 0 Å². The molecule has 0 radical (unpaired) electrons. The van der Waals surface area contributed by atoms with E-state index in [1.54, 1.807) is 0 Å². The number of hydrogen-bond acceptors (Lipinski definition) is 1. The average Bonchev–Trinajstić information content (AvgIpc) is 2.45. The van der Waals surface area contributed by atoms with Gasteiger partial charge in [-0.1, -0.05) is 27.4 Å². The second-order valence-electron chi connectivity index (χ2n) is 4.91. The van der Waals surface area contributed by atoms with E-state index in [2.05, 4.69) is 39.6 Å². The van der Waals surface area contributed by atoms with Crippen molar-refractivity contribution in [2.45, 2.75) is 46.1 Å². The van der Waals surface area contributed by atoms with Crippen LogP contribution >= 0.6 is 0 Å². The van der Waals surface area contributed by atoms with Gasteiger partial charge in [0.25, 0.3) is 0 Å². The van der Waals surface area contributed by atoms with E-state index in [9.17, 15) is 0 Å². The van der Waals surface area contributed by atoms with Gasteiger partial charge in [0, 0.05) is 16.7 Å². The first-order valence-electron chi connectivity index (χ1n) is 4.31. The average molecular weight is 153 g/mol. The molecule has 0 atom stereocenters. The zero-order chi connectivity index (χ0) is 8.70. The summed E-state index contributed by atoms with van der Waals surface area (Å²) in [6, 6.07) is 0. The molecule has 1 saturated carbocycles. The van der Waals surface area contributed by atoms with Gasteiger partial charge in [-0.25, -0.2) is 0 Å². The van der Waals surface area contributed by atoms with Crippen LogP contribution < -0.4 is 5.32 Å². The van der Waals surface area contributed by atoms with Gasteiger partial charge in [0.05, 0.1) is 0 Å². The highest BCUT2D eigenvalue weighted by Crippen LogP contribution is 2.37. The molecule has 0 aliphatic heterocycles. The minimum Gasteiger partial charge on any atom is -0.383 e. The summed E-state index contributed by atoms with van der Waals surface area (Å²) < 4.78 is 0. The van der Waals surface area contributed by atoms with Gasteiger partial charge in [-0.15, -0.1) is 0 Å². The second-order valence-corrected chi connectivity index (χ2v) is 4.91. The predicted octanol–water partition coefficient (Wildman–Crippen LogP) is 2.69. The molecule has 0 bridgehead atoms. The first-order chi connectivity index (χ1) is 4.83. The molecule has 1 aliphatic carbocycles. The van der Waals surface area contributed by atoms with Crippen LogP contribution in [0.3, 0.4) is 0 Å². The lowest BCUT2D eigenvalue weighted by Gasteiger charge is -2.26. The van der Waals surface area contributed by atoms with Gasteiger partial charge in [-0.05, 0) is 19.8 Å². The molecule has 0 spiro atoms. The zero-order valence-electron chi connectivity index (χ0n) is 8.12. The third kappa shape index (κ3) is 2.25. The highest BCUT2D eigenvalue weighted by molar-refractivity contribution is 5.11. The van der Waals surface area contributed by atoms with Crippen molar-refractivity contribution >= 4 is 0 Å². The lowest BCUT2D eigenvalue weighted by molar-refractivity contribution is 0.430. The van der Waals surface area contributed by atoms with Crippen molar-refractivity contribution in [2.24, 2.45) is 5.41 Å². The molecule has 0 unspecified atom stereocenters. The Morgan fingerprint density at radius 3 is 2.09 bits per heavy atom. The van der Waals surface area contributed by atoms with E-state index < -0.39 is 0 Å². The Labute approximate surface area is 69.9 Å². The third-order valence-corrected chi connectivity index (χ3v) is 2.36. The van der Waals surface area contributed by atoms with Gasteiger partial charge in [-0.2, -0.15) is 0 Å². The van der Waals surface area contributed by atoms with Gasteiger partial charge in [0.1, 0.15) is 0 Å². The topological polar surface area (TPSA) is 12.0 Å². The van der Waals surface area contributed by atoms with Crippen LogP contribution in [0.15, 0.2) is 12.3 Å². The van der Waals surface area contributed by atoms with Crippen LogP contribution in [0, 0.1) is 5.41 Å². The van der Waals surface area contributed by atoms with Crippen molar-refractivity contribution in [1.82, 2.24) is 5.32 Å². The predicted molar refractivity (Wildman–Crippen MR) is 49.4 cm³/mol. The maximum Gasteiger partial charge on any atom is 0.0344 e. The summed E-state index contributed by atoms with van der Waals surface area (Å²) in [6.45, 7) is 12.9. The summed E-state index contributed by atoms with van der Waals surface area (Å²) in [6.07, 6.45) is 2.59. The number of nitrogens with one attached hydrogen (secondary N) is 1. The van der Waals surface area contributed by atoms with Crippen LogP contribution in [0.25, 0.3) is 0 Å². The molecule has 0 aromatic heterocycles. The lowest BCUT2D eigenvalue weighted by atomic mass is 9.92. The van der Waals surface area contributed by atoms with Gasteiger partial charge in [-0.3, -0.25) is 0 Å². The van der Waals surface area contributed by atoms with Crippen LogP contribution in [-0.4, -0.2) is 5.54 Å². The fraction of sp³-hybridized carbons (Fsp3) is 0.800. The first-order valence-corrected chi connectivity index (χ1v) is 4.31. The van der Waals surface area contributed by atoms with Gasteiger partial charge >= 0.3 is 0 Å². The Hall–Kier alpha value is -0.460. The molecule has 1 N–H and O–H groups in total. The third-order valence-electron chi connectivity index (χ3n) is 2.36. The Kier molecular flexibility index (Phi) is 1.78. The van der Waals surface area contributed by atoms with Crippen LogP contribution in [-0.2, 0) is 0 Å². The lowest BCUT2D eigenvalue weighted by Crippen LogP contribution is -2.32. The van der Waals surface area contributed by atoms with Crippen molar-refractivity contribution in [3.8, 4) is 0 Å². The molecule has 0 amide bonds. The molecule has 64 valence electrons. The molecule has 0 saturated heterocycles. The van der Waals surface area contributed by atoms with Crippen molar-refractivity contribution in [3.63, 3.8) is 0 Å². The molecule has 1 rings (SSSR count). The molecule has 1 fully saturated rings. The summed E-state index contributed by atoms with van der Waals surface area (Å²) >= 11 is 0. The molecular weight excluding hydrogens is 134 g/mol. The fourth-order valence-corrected chi connectivity index (χ4v) is 0.864. The Morgan fingerprint density at radius 1 is 1.36 bits per heavy atom. The largest absolute Gasteiger partial charge is 0.383 e. The van der Waals surface area contributed by atoms with E-state index in [-0.39, 0.29) is 5.41 Å². The SMILES string of the molecule is C=C(NC1(C)CC1)C(C)(C)C. The van der Waals surface area contributed by atoms with E-state index in [1.165, 1.54) is 12.8 Å². The minimum atomic E-state index is 0.200. The van der Waals surface area contributed by atoms with Crippen molar-refractivity contribution in [2.75, 3.05) is 0 Å². The quantitative estimate of drug-likeness (QED) is 0.643. The highest BCUT2D eigenvalue weighted by atomic mass is 15.0. The van der Waals surface area contributed by atoms with E-state index >= 15 is 0 Å². The Balaban J connectivity index is 2.44. The summed E-state index contributed by atoms with van der Waals surface area (Å²) in [5.74, 6) is 0. The molecule has 1 aliphatic rings. The minimum absolute atomic E-state index is 0.200. The van der Waals surface area contributed by atoms with Crippen molar-refractivity contribution < 1.29 is 0 Å². The van der Waals surface area contributed by atoms with Crippen LogP contribution in [0.2, 0.25) is 0 Å². The maximum atomic E-state index is 4.04. The highest BCUT2D eigenvalue weighted by Gasteiger charge is 2.38. The standard InChI is InChI=1S/C10H19N/c1-8(9(2,3)4)11-10(5)6-7-10/h11H,1,6-7H2,2-5H3. The van der Waals surface area contributed by atoms with E-state index in [4.69, 9.17) is 0 Å². The van der Waals surface area contributed by atoms with E-state index in [0.29, 0.717) is 5.54 Å².